The summed E-state index contributed by atoms with van der Waals surface area (Å²) in [6, 6.07) is 12.8. The summed E-state index contributed by atoms with van der Waals surface area (Å²) in [6.07, 6.45) is 3.73. The number of benzene rings is 1. The van der Waals surface area contributed by atoms with E-state index in [2.05, 4.69) is 53.7 Å². The highest BCUT2D eigenvalue weighted by Crippen LogP contribution is 2.21. The smallest absolute Gasteiger partial charge is 0.0461 e. The lowest BCUT2D eigenvalue weighted by molar-refractivity contribution is 0.968. The van der Waals surface area contributed by atoms with Crippen LogP contribution in [0.3, 0.4) is 0 Å². The SMILES string of the molecule is Cc1ccc(C)n1-c1ccc2cnccc2c1. The average Bonchev–Trinajstić information content (AvgIpc) is 2.68. The Labute approximate surface area is 101 Å². The number of aromatic nitrogens is 2. The van der Waals surface area contributed by atoms with Gasteiger partial charge in [0.15, 0.2) is 0 Å². The van der Waals surface area contributed by atoms with Gasteiger partial charge >= 0.3 is 0 Å². The average molecular weight is 222 g/mol. The van der Waals surface area contributed by atoms with E-state index in [4.69, 9.17) is 0 Å². The molecule has 2 heteroatoms. The van der Waals surface area contributed by atoms with E-state index < -0.39 is 0 Å². The minimum atomic E-state index is 1.18. The molecule has 2 nitrogen and oxygen atoms in total. The van der Waals surface area contributed by atoms with Crippen LogP contribution in [0.4, 0.5) is 0 Å². The van der Waals surface area contributed by atoms with Crippen LogP contribution >= 0.6 is 0 Å². The molecule has 0 aliphatic carbocycles. The van der Waals surface area contributed by atoms with Crippen molar-refractivity contribution < 1.29 is 0 Å². The minimum absolute atomic E-state index is 1.18. The number of fused-ring (bicyclic) bond motifs is 1. The lowest BCUT2D eigenvalue weighted by atomic mass is 10.1. The van der Waals surface area contributed by atoms with E-state index in [0.29, 0.717) is 0 Å². The zero-order valence-corrected chi connectivity index (χ0v) is 10.0. The largest absolute Gasteiger partial charge is 0.319 e. The molecular weight excluding hydrogens is 208 g/mol. The van der Waals surface area contributed by atoms with Crippen LogP contribution < -0.4 is 0 Å². The third-order valence-electron chi connectivity index (χ3n) is 3.15. The van der Waals surface area contributed by atoms with Crippen LogP contribution in [0, 0.1) is 13.8 Å². The van der Waals surface area contributed by atoms with Gasteiger partial charge in [0.05, 0.1) is 0 Å². The normalized spacial score (nSPS) is 10.9. The van der Waals surface area contributed by atoms with Crippen LogP contribution in [-0.4, -0.2) is 9.55 Å². The standard InChI is InChI=1S/C15H14N2/c1-11-3-4-12(2)17(11)15-6-5-14-10-16-8-7-13(14)9-15/h3-10H,1-2H3. The summed E-state index contributed by atoms with van der Waals surface area (Å²) in [4.78, 5) is 4.13. The first-order chi connectivity index (χ1) is 8.25. The van der Waals surface area contributed by atoms with Crippen molar-refractivity contribution in [1.82, 2.24) is 9.55 Å². The van der Waals surface area contributed by atoms with E-state index in [0.717, 1.165) is 0 Å². The molecule has 0 fully saturated rings. The minimum Gasteiger partial charge on any atom is -0.319 e. The monoisotopic (exact) mass is 222 g/mol. The van der Waals surface area contributed by atoms with E-state index >= 15 is 0 Å². The van der Waals surface area contributed by atoms with Crippen molar-refractivity contribution in [1.29, 1.82) is 0 Å². The summed E-state index contributed by atoms with van der Waals surface area (Å²) in [7, 11) is 0. The molecule has 0 spiro atoms. The van der Waals surface area contributed by atoms with E-state index in [9.17, 15) is 0 Å². The highest BCUT2D eigenvalue weighted by atomic mass is 15.0. The molecule has 3 rings (SSSR count). The highest BCUT2D eigenvalue weighted by Gasteiger charge is 2.04. The number of aryl methyl sites for hydroxylation is 2. The molecule has 0 saturated carbocycles. The predicted octanol–water partition coefficient (Wildman–Crippen LogP) is 3.64. The Morgan fingerprint density at radius 3 is 2.41 bits per heavy atom. The lowest BCUT2D eigenvalue weighted by Crippen LogP contribution is -1.98. The van der Waals surface area contributed by atoms with Gasteiger partial charge in [-0.25, -0.2) is 0 Å². The first-order valence-electron chi connectivity index (χ1n) is 5.75. The van der Waals surface area contributed by atoms with Crippen molar-refractivity contribution in [2.45, 2.75) is 13.8 Å². The second-order valence-electron chi connectivity index (χ2n) is 4.36. The fourth-order valence-electron chi connectivity index (χ4n) is 2.29. The summed E-state index contributed by atoms with van der Waals surface area (Å²) < 4.78 is 2.26. The van der Waals surface area contributed by atoms with Crippen LogP contribution in [0.1, 0.15) is 11.4 Å². The number of pyridine rings is 1. The van der Waals surface area contributed by atoms with Gasteiger partial charge in [0.1, 0.15) is 0 Å². The van der Waals surface area contributed by atoms with Gasteiger partial charge in [-0.3, -0.25) is 4.98 Å². The van der Waals surface area contributed by atoms with Crippen molar-refractivity contribution in [2.24, 2.45) is 0 Å². The van der Waals surface area contributed by atoms with Crippen LogP contribution in [0.2, 0.25) is 0 Å². The lowest BCUT2D eigenvalue weighted by Gasteiger charge is -2.10. The molecule has 0 aliphatic heterocycles. The van der Waals surface area contributed by atoms with Crippen LogP contribution in [0.5, 0.6) is 0 Å². The van der Waals surface area contributed by atoms with E-state index in [-0.39, 0.29) is 0 Å². The van der Waals surface area contributed by atoms with Gasteiger partial charge in [0.25, 0.3) is 0 Å². The van der Waals surface area contributed by atoms with Gasteiger partial charge < -0.3 is 4.57 Å². The summed E-state index contributed by atoms with van der Waals surface area (Å²) in [6.45, 7) is 4.26. The molecule has 0 N–H and O–H groups in total. The fraction of sp³-hybridized carbons (Fsp3) is 0.133. The van der Waals surface area contributed by atoms with Crippen molar-refractivity contribution in [3.8, 4) is 5.69 Å². The summed E-state index contributed by atoms with van der Waals surface area (Å²) in [5.41, 5.74) is 3.73. The Morgan fingerprint density at radius 1 is 0.882 bits per heavy atom. The maximum Gasteiger partial charge on any atom is 0.0461 e. The molecule has 0 radical (unpaired) electrons. The van der Waals surface area contributed by atoms with Crippen molar-refractivity contribution in [2.75, 3.05) is 0 Å². The third kappa shape index (κ3) is 1.62. The molecule has 0 amide bonds. The quantitative estimate of drug-likeness (QED) is 0.614. The van der Waals surface area contributed by atoms with Gasteiger partial charge in [-0.15, -0.1) is 0 Å². The first kappa shape index (κ1) is 10.1. The molecule has 0 bridgehead atoms. The van der Waals surface area contributed by atoms with Gasteiger partial charge in [0, 0.05) is 34.9 Å². The van der Waals surface area contributed by atoms with E-state index in [1.807, 2.05) is 18.5 Å². The van der Waals surface area contributed by atoms with Crippen molar-refractivity contribution >= 4 is 10.8 Å². The Kier molecular flexibility index (Phi) is 2.22. The number of rotatable bonds is 1. The molecule has 84 valence electrons. The highest BCUT2D eigenvalue weighted by molar-refractivity contribution is 5.83. The molecule has 0 saturated heterocycles. The van der Waals surface area contributed by atoms with Gasteiger partial charge in [-0.05, 0) is 49.6 Å². The molecule has 0 aliphatic rings. The fourth-order valence-corrected chi connectivity index (χ4v) is 2.29. The molecule has 17 heavy (non-hydrogen) atoms. The number of hydrogen-bond acceptors (Lipinski definition) is 1. The maximum absolute atomic E-state index is 4.13. The predicted molar refractivity (Wildman–Crippen MR) is 70.5 cm³/mol. The van der Waals surface area contributed by atoms with Crippen LogP contribution in [0.25, 0.3) is 16.5 Å². The topological polar surface area (TPSA) is 17.8 Å². The van der Waals surface area contributed by atoms with Gasteiger partial charge in [-0.2, -0.15) is 0 Å². The number of nitrogens with zero attached hydrogens (tertiary/aromatic N) is 2. The molecule has 2 heterocycles. The second-order valence-corrected chi connectivity index (χ2v) is 4.36. The first-order valence-corrected chi connectivity index (χ1v) is 5.75. The van der Waals surface area contributed by atoms with Gasteiger partial charge in [-0.1, -0.05) is 6.07 Å². The van der Waals surface area contributed by atoms with Crippen molar-refractivity contribution in [3.05, 3.63) is 60.2 Å². The summed E-state index contributed by atoms with van der Waals surface area (Å²) >= 11 is 0. The summed E-state index contributed by atoms with van der Waals surface area (Å²) in [5.74, 6) is 0. The van der Waals surface area contributed by atoms with Gasteiger partial charge in [0.2, 0.25) is 0 Å². The Morgan fingerprint density at radius 2 is 1.65 bits per heavy atom. The molecule has 0 atom stereocenters. The van der Waals surface area contributed by atoms with E-state index in [1.165, 1.54) is 27.8 Å². The molecule has 3 aromatic rings. The zero-order valence-electron chi connectivity index (χ0n) is 10.0. The second kappa shape index (κ2) is 3.74. The molecule has 2 aromatic heterocycles. The Balaban J connectivity index is 2.25. The Hall–Kier alpha value is -2.09. The molecule has 0 unspecified atom stereocenters. The number of hydrogen-bond donors (Lipinski definition) is 0. The Bertz CT molecular complexity index is 661. The molecule has 1 aromatic carbocycles. The van der Waals surface area contributed by atoms with Crippen molar-refractivity contribution in [3.63, 3.8) is 0 Å². The zero-order chi connectivity index (χ0) is 11.8. The van der Waals surface area contributed by atoms with E-state index in [1.54, 1.807) is 0 Å². The third-order valence-corrected chi connectivity index (χ3v) is 3.15. The van der Waals surface area contributed by atoms with Crippen LogP contribution in [-0.2, 0) is 0 Å². The summed E-state index contributed by atoms with van der Waals surface area (Å²) in [5, 5.41) is 2.41. The van der Waals surface area contributed by atoms with Crippen LogP contribution in [0.15, 0.2) is 48.8 Å². The molecular formula is C15H14N2. The maximum atomic E-state index is 4.13.